The molecule has 2 rings (SSSR count). The smallest absolute Gasteiger partial charge is 0.191 e. The van der Waals surface area contributed by atoms with Gasteiger partial charge in [-0.3, -0.25) is 0 Å². The van der Waals surface area contributed by atoms with Crippen molar-refractivity contribution in [2.24, 2.45) is 11.8 Å². The van der Waals surface area contributed by atoms with E-state index < -0.39 is 0 Å². The number of hydrogen-bond donors (Lipinski definition) is 2. The monoisotopic (exact) mass is 283 g/mol. The van der Waals surface area contributed by atoms with E-state index in [-0.39, 0.29) is 6.10 Å². The Morgan fingerprint density at radius 3 is 2.95 bits per heavy atom. The van der Waals surface area contributed by atoms with Gasteiger partial charge in [-0.05, 0) is 18.6 Å². The van der Waals surface area contributed by atoms with Crippen molar-refractivity contribution < 1.29 is 4.74 Å². The molecule has 0 bridgehead atoms. The second kappa shape index (κ2) is 6.40. The number of hydrogen-bond acceptors (Lipinski definition) is 7. The minimum atomic E-state index is 0.246. The molecule has 0 amide bonds. The molecule has 1 aliphatic heterocycles. The van der Waals surface area contributed by atoms with Crippen molar-refractivity contribution in [3.05, 3.63) is 6.07 Å². The van der Waals surface area contributed by atoms with Crippen molar-refractivity contribution in [2.75, 3.05) is 36.8 Å². The Hall–Kier alpha value is -1.05. The SMILES string of the molecule is COC1CN(c2cc(NN)nc(SC)n2)CCC1C. The maximum atomic E-state index is 5.54. The summed E-state index contributed by atoms with van der Waals surface area (Å²) in [7, 11) is 1.77. The van der Waals surface area contributed by atoms with Crippen LogP contribution in [-0.4, -0.2) is 42.5 Å². The quantitative estimate of drug-likeness (QED) is 0.374. The molecule has 1 fully saturated rings. The van der Waals surface area contributed by atoms with Crippen LogP contribution in [0.3, 0.4) is 0 Å². The molecule has 1 aliphatic rings. The lowest BCUT2D eigenvalue weighted by atomic mass is 9.96. The van der Waals surface area contributed by atoms with Crippen LogP contribution in [-0.2, 0) is 4.74 Å². The molecule has 2 heterocycles. The van der Waals surface area contributed by atoms with E-state index in [4.69, 9.17) is 10.6 Å². The predicted molar refractivity (Wildman–Crippen MR) is 78.4 cm³/mol. The van der Waals surface area contributed by atoms with Crippen molar-refractivity contribution in [3.63, 3.8) is 0 Å². The number of nitrogens with one attached hydrogen (secondary N) is 1. The number of aromatic nitrogens is 2. The van der Waals surface area contributed by atoms with Gasteiger partial charge < -0.3 is 15.1 Å². The molecule has 0 aliphatic carbocycles. The second-order valence-corrected chi connectivity index (χ2v) is 5.50. The van der Waals surface area contributed by atoms with Crippen LogP contribution in [0.5, 0.6) is 0 Å². The van der Waals surface area contributed by atoms with Crippen molar-refractivity contribution in [3.8, 4) is 0 Å². The van der Waals surface area contributed by atoms with Gasteiger partial charge in [-0.25, -0.2) is 15.8 Å². The zero-order valence-electron chi connectivity index (χ0n) is 11.6. The van der Waals surface area contributed by atoms with Gasteiger partial charge in [0.25, 0.3) is 0 Å². The molecule has 6 nitrogen and oxygen atoms in total. The molecule has 1 aromatic rings. The summed E-state index contributed by atoms with van der Waals surface area (Å²) in [4.78, 5) is 11.1. The highest BCUT2D eigenvalue weighted by atomic mass is 32.2. The fourth-order valence-electron chi connectivity index (χ4n) is 2.29. The Labute approximate surface area is 118 Å². The topological polar surface area (TPSA) is 76.3 Å². The molecule has 0 spiro atoms. The zero-order valence-corrected chi connectivity index (χ0v) is 12.4. The number of methoxy groups -OCH3 is 1. The van der Waals surface area contributed by atoms with Crippen molar-refractivity contribution in [2.45, 2.75) is 24.6 Å². The van der Waals surface area contributed by atoms with Gasteiger partial charge in [0.05, 0.1) is 6.10 Å². The third kappa shape index (κ3) is 3.29. The second-order valence-electron chi connectivity index (χ2n) is 4.73. The lowest BCUT2D eigenvalue weighted by molar-refractivity contribution is 0.0496. The number of nitrogens with two attached hydrogens (primary N) is 1. The summed E-state index contributed by atoms with van der Waals surface area (Å²) in [5.41, 5.74) is 2.59. The summed E-state index contributed by atoms with van der Waals surface area (Å²) < 4.78 is 5.54. The highest BCUT2D eigenvalue weighted by Crippen LogP contribution is 2.26. The number of thioether (sulfide) groups is 1. The first-order valence-electron chi connectivity index (χ1n) is 6.35. The highest BCUT2D eigenvalue weighted by molar-refractivity contribution is 7.98. The first kappa shape index (κ1) is 14.4. The summed E-state index contributed by atoms with van der Waals surface area (Å²) in [6, 6.07) is 1.88. The fraction of sp³-hybridized carbons (Fsp3) is 0.667. The number of nitrogens with zero attached hydrogens (tertiary/aromatic N) is 3. The molecular formula is C12H21N5OS. The Balaban J connectivity index is 2.21. The zero-order chi connectivity index (χ0) is 13.8. The summed E-state index contributed by atoms with van der Waals surface area (Å²) in [5.74, 6) is 7.58. The van der Waals surface area contributed by atoms with E-state index >= 15 is 0 Å². The fourth-order valence-corrected chi connectivity index (χ4v) is 2.66. The predicted octanol–water partition coefficient (Wildman–Crippen LogP) is 1.35. The van der Waals surface area contributed by atoms with Crippen molar-refractivity contribution >= 4 is 23.4 Å². The van der Waals surface area contributed by atoms with E-state index in [0.29, 0.717) is 11.7 Å². The third-order valence-electron chi connectivity index (χ3n) is 3.54. The maximum absolute atomic E-state index is 5.54. The molecule has 0 aromatic carbocycles. The largest absolute Gasteiger partial charge is 0.379 e. The first-order chi connectivity index (χ1) is 9.17. The van der Waals surface area contributed by atoms with Gasteiger partial charge in [0.1, 0.15) is 11.6 Å². The Kier molecular flexibility index (Phi) is 4.84. The van der Waals surface area contributed by atoms with Gasteiger partial charge in [-0.1, -0.05) is 18.7 Å². The highest BCUT2D eigenvalue weighted by Gasteiger charge is 2.27. The van der Waals surface area contributed by atoms with Gasteiger partial charge >= 0.3 is 0 Å². The number of anilines is 2. The van der Waals surface area contributed by atoms with E-state index in [9.17, 15) is 0 Å². The van der Waals surface area contributed by atoms with E-state index in [1.54, 1.807) is 7.11 Å². The maximum Gasteiger partial charge on any atom is 0.191 e. The summed E-state index contributed by atoms with van der Waals surface area (Å²) in [6.07, 6.45) is 3.30. The molecule has 0 saturated carbocycles. The van der Waals surface area contributed by atoms with Crippen LogP contribution in [0.4, 0.5) is 11.6 Å². The molecule has 1 saturated heterocycles. The number of piperidine rings is 1. The summed E-state index contributed by atoms with van der Waals surface area (Å²) >= 11 is 1.51. The Morgan fingerprint density at radius 2 is 2.32 bits per heavy atom. The van der Waals surface area contributed by atoms with Gasteiger partial charge in [0.15, 0.2) is 5.16 Å². The van der Waals surface area contributed by atoms with Crippen molar-refractivity contribution in [1.82, 2.24) is 9.97 Å². The average Bonchev–Trinajstić information content (AvgIpc) is 2.47. The van der Waals surface area contributed by atoms with Crippen LogP contribution < -0.4 is 16.2 Å². The minimum Gasteiger partial charge on any atom is -0.379 e. The lowest BCUT2D eigenvalue weighted by Crippen LogP contribution is -2.44. The van der Waals surface area contributed by atoms with E-state index in [0.717, 1.165) is 30.5 Å². The average molecular weight is 283 g/mol. The van der Waals surface area contributed by atoms with Gasteiger partial charge in [-0.15, -0.1) is 0 Å². The van der Waals surface area contributed by atoms with E-state index in [1.165, 1.54) is 11.8 Å². The molecule has 2 atom stereocenters. The molecule has 3 N–H and O–H groups in total. The van der Waals surface area contributed by atoms with Gasteiger partial charge in [0.2, 0.25) is 0 Å². The van der Waals surface area contributed by atoms with Gasteiger partial charge in [-0.2, -0.15) is 0 Å². The molecule has 7 heteroatoms. The molecule has 106 valence electrons. The van der Waals surface area contributed by atoms with Crippen LogP contribution >= 0.6 is 11.8 Å². The third-order valence-corrected chi connectivity index (χ3v) is 4.09. The number of rotatable bonds is 4. The minimum absolute atomic E-state index is 0.246. The molecule has 19 heavy (non-hydrogen) atoms. The van der Waals surface area contributed by atoms with Crippen molar-refractivity contribution in [1.29, 1.82) is 0 Å². The molecule has 1 aromatic heterocycles. The van der Waals surface area contributed by atoms with Gasteiger partial charge in [0, 0.05) is 26.3 Å². The standard InChI is InChI=1S/C12H21N5OS/c1-8-4-5-17(7-9(8)18-2)11-6-10(16-13)14-12(15-11)19-3/h6,8-9H,4-5,7,13H2,1-3H3,(H,14,15,16). The van der Waals surface area contributed by atoms with Crippen LogP contribution in [0.25, 0.3) is 0 Å². The number of nitrogen functional groups attached to an aromatic ring is 1. The summed E-state index contributed by atoms with van der Waals surface area (Å²) in [6.45, 7) is 4.06. The Morgan fingerprint density at radius 1 is 1.53 bits per heavy atom. The van der Waals surface area contributed by atoms with Crippen LogP contribution in [0.15, 0.2) is 11.2 Å². The summed E-state index contributed by atoms with van der Waals surface area (Å²) in [5, 5.41) is 0.720. The Bertz CT molecular complexity index is 408. The first-order valence-corrected chi connectivity index (χ1v) is 7.57. The van der Waals surface area contributed by atoms with E-state index in [1.807, 2.05) is 12.3 Å². The molecule has 0 radical (unpaired) electrons. The number of ether oxygens (including phenoxy) is 1. The molecule has 2 unspecified atom stereocenters. The van der Waals surface area contributed by atoms with Crippen LogP contribution in [0.1, 0.15) is 13.3 Å². The van der Waals surface area contributed by atoms with Crippen LogP contribution in [0, 0.1) is 5.92 Å². The van der Waals surface area contributed by atoms with E-state index in [2.05, 4.69) is 27.2 Å². The number of hydrazine groups is 1. The van der Waals surface area contributed by atoms with Crippen LogP contribution in [0.2, 0.25) is 0 Å². The molecular weight excluding hydrogens is 262 g/mol. The lowest BCUT2D eigenvalue weighted by Gasteiger charge is -2.37. The normalized spacial score (nSPS) is 23.5.